The van der Waals surface area contributed by atoms with Crippen LogP contribution in [0, 0.1) is 6.20 Å². The van der Waals surface area contributed by atoms with Gasteiger partial charge in [0.1, 0.15) is 6.20 Å². The minimum Gasteiger partial charge on any atom is -0.354 e. The van der Waals surface area contributed by atoms with Gasteiger partial charge >= 0.3 is 0 Å². The van der Waals surface area contributed by atoms with Crippen molar-refractivity contribution in [2.24, 2.45) is 0 Å². The number of aromatic amines is 2. The maximum atomic E-state index is 4.62. The van der Waals surface area contributed by atoms with Crippen LogP contribution in [0.25, 0.3) is 54.9 Å². The van der Waals surface area contributed by atoms with Crippen molar-refractivity contribution >= 4 is 43.6 Å². The highest BCUT2D eigenvalue weighted by atomic mass is 14.8. The monoisotopic (exact) mass is 332 g/mol. The molecule has 0 unspecified atom stereocenters. The number of hydrogen-bond donors (Lipinski definition) is 2. The predicted molar refractivity (Wildman–Crippen MR) is 107 cm³/mol. The summed E-state index contributed by atoms with van der Waals surface area (Å²) < 4.78 is 0. The second kappa shape index (κ2) is 4.96. The van der Waals surface area contributed by atoms with Crippen molar-refractivity contribution in [3.63, 3.8) is 0 Å². The molecule has 3 nitrogen and oxygen atoms in total. The molecule has 0 aliphatic heterocycles. The first kappa shape index (κ1) is 13.7. The van der Waals surface area contributed by atoms with Crippen LogP contribution >= 0.6 is 0 Å². The Labute approximate surface area is 149 Å². The molecule has 0 amide bonds. The van der Waals surface area contributed by atoms with Gasteiger partial charge in [0.15, 0.2) is 0 Å². The first-order valence-corrected chi connectivity index (χ1v) is 8.67. The number of aromatic nitrogens is 3. The molecule has 6 rings (SSSR count). The van der Waals surface area contributed by atoms with Gasteiger partial charge in [-0.3, -0.25) is 0 Å². The lowest BCUT2D eigenvalue weighted by molar-refractivity contribution is 1.33. The fourth-order valence-corrected chi connectivity index (χ4v) is 3.91. The fraction of sp³-hybridized carbons (Fsp3) is 0. The number of nitrogens with one attached hydrogen (secondary N) is 2. The summed E-state index contributed by atoms with van der Waals surface area (Å²) >= 11 is 0. The Hall–Kier alpha value is -3.59. The molecule has 26 heavy (non-hydrogen) atoms. The molecule has 121 valence electrons. The number of benzene rings is 3. The van der Waals surface area contributed by atoms with Crippen molar-refractivity contribution in [3.8, 4) is 11.3 Å². The third-order valence-electron chi connectivity index (χ3n) is 5.13. The van der Waals surface area contributed by atoms with Gasteiger partial charge in [-0.25, -0.2) is 4.98 Å². The summed E-state index contributed by atoms with van der Waals surface area (Å²) in [4.78, 5) is 11.6. The number of nitrogens with zero attached hydrogens (tertiary/aromatic N) is 1. The Morgan fingerprint density at radius 3 is 2.19 bits per heavy atom. The average Bonchev–Trinajstić information content (AvgIpc) is 3.25. The van der Waals surface area contributed by atoms with Gasteiger partial charge in [-0.05, 0) is 18.2 Å². The molecular formula is C23H14N3. The summed E-state index contributed by atoms with van der Waals surface area (Å²) in [5.41, 5.74) is 6.35. The Morgan fingerprint density at radius 2 is 1.35 bits per heavy atom. The van der Waals surface area contributed by atoms with Crippen molar-refractivity contribution < 1.29 is 0 Å². The van der Waals surface area contributed by atoms with Crippen LogP contribution in [0.1, 0.15) is 0 Å². The van der Waals surface area contributed by atoms with Crippen molar-refractivity contribution in [1.82, 2.24) is 15.0 Å². The second-order valence-electron chi connectivity index (χ2n) is 6.61. The van der Waals surface area contributed by atoms with Crippen LogP contribution in [0.15, 0.2) is 72.8 Å². The lowest BCUT2D eigenvalue weighted by Crippen LogP contribution is -1.85. The zero-order chi connectivity index (χ0) is 17.1. The molecule has 0 spiro atoms. The quantitative estimate of drug-likeness (QED) is 0.391. The first-order chi connectivity index (χ1) is 12.9. The molecule has 0 atom stereocenters. The molecule has 1 radical (unpaired) electrons. The molecule has 0 saturated heterocycles. The third-order valence-corrected chi connectivity index (χ3v) is 5.13. The highest BCUT2D eigenvalue weighted by Crippen LogP contribution is 2.34. The van der Waals surface area contributed by atoms with Crippen molar-refractivity contribution in [1.29, 1.82) is 0 Å². The molecule has 3 aromatic carbocycles. The topological polar surface area (TPSA) is 44.5 Å². The minimum atomic E-state index is 0.930. The van der Waals surface area contributed by atoms with E-state index in [1.807, 2.05) is 6.07 Å². The SMILES string of the molecule is [c]1nc(-c2cccc3c2[nH]c2ccccc23)cc2c1[nH]c1ccccc12. The normalized spacial score (nSPS) is 11.8. The molecule has 3 heteroatoms. The van der Waals surface area contributed by atoms with Gasteiger partial charge in [0.25, 0.3) is 0 Å². The molecular weight excluding hydrogens is 318 g/mol. The maximum Gasteiger partial charge on any atom is 0.116 e. The van der Waals surface area contributed by atoms with E-state index in [-0.39, 0.29) is 0 Å². The third kappa shape index (κ3) is 1.80. The molecule has 6 aromatic rings. The molecule has 0 bridgehead atoms. The van der Waals surface area contributed by atoms with Crippen LogP contribution in [0.2, 0.25) is 0 Å². The molecule has 3 heterocycles. The molecule has 0 aliphatic rings. The highest BCUT2D eigenvalue weighted by molar-refractivity contribution is 6.13. The van der Waals surface area contributed by atoms with Gasteiger partial charge in [-0.1, -0.05) is 54.6 Å². The van der Waals surface area contributed by atoms with Gasteiger partial charge in [0.2, 0.25) is 0 Å². The number of H-pyrrole nitrogens is 2. The number of pyridine rings is 1. The number of fused-ring (bicyclic) bond motifs is 6. The summed E-state index contributed by atoms with van der Waals surface area (Å²) in [7, 11) is 0. The Bertz CT molecular complexity index is 1440. The molecule has 3 aromatic heterocycles. The van der Waals surface area contributed by atoms with E-state index in [1.54, 1.807) is 0 Å². The predicted octanol–water partition coefficient (Wildman–Crippen LogP) is 5.82. The summed E-state index contributed by atoms with van der Waals surface area (Å²) in [6.45, 7) is 0. The minimum absolute atomic E-state index is 0.930. The van der Waals surface area contributed by atoms with E-state index in [4.69, 9.17) is 0 Å². The summed E-state index contributed by atoms with van der Waals surface area (Å²) in [5, 5.41) is 4.81. The largest absolute Gasteiger partial charge is 0.354 e. The van der Waals surface area contributed by atoms with Crippen LogP contribution in [0.5, 0.6) is 0 Å². The van der Waals surface area contributed by atoms with Crippen LogP contribution in [0.3, 0.4) is 0 Å². The first-order valence-electron chi connectivity index (χ1n) is 8.67. The fourth-order valence-electron chi connectivity index (χ4n) is 3.91. The van der Waals surface area contributed by atoms with E-state index in [0.717, 1.165) is 38.7 Å². The van der Waals surface area contributed by atoms with Crippen LogP contribution in [0.4, 0.5) is 0 Å². The van der Waals surface area contributed by atoms with Crippen molar-refractivity contribution in [3.05, 3.63) is 79.0 Å². The van der Waals surface area contributed by atoms with Crippen molar-refractivity contribution in [2.45, 2.75) is 0 Å². The van der Waals surface area contributed by atoms with E-state index in [0.29, 0.717) is 0 Å². The smallest absolute Gasteiger partial charge is 0.116 e. The molecule has 2 N–H and O–H groups in total. The standard InChI is InChI=1S/C23H14N3/c1-4-11-20-14(6-1)16-8-5-9-17(23(16)26-20)21-12-18-15-7-2-3-10-19(15)25-22(18)13-24-21/h1-12,25-26H. The zero-order valence-corrected chi connectivity index (χ0v) is 13.9. The number of hydrogen-bond acceptors (Lipinski definition) is 1. The molecule has 0 saturated carbocycles. The van der Waals surface area contributed by atoms with Gasteiger partial charge < -0.3 is 9.97 Å². The second-order valence-corrected chi connectivity index (χ2v) is 6.61. The number of rotatable bonds is 1. The van der Waals surface area contributed by atoms with Crippen molar-refractivity contribution in [2.75, 3.05) is 0 Å². The van der Waals surface area contributed by atoms with E-state index in [9.17, 15) is 0 Å². The molecule has 0 fully saturated rings. The van der Waals surface area contributed by atoms with E-state index in [2.05, 4.69) is 87.9 Å². The Kier molecular flexibility index (Phi) is 2.61. The summed E-state index contributed by atoms with van der Waals surface area (Å²) in [5.74, 6) is 0. The Morgan fingerprint density at radius 1 is 0.654 bits per heavy atom. The number of para-hydroxylation sites is 3. The van der Waals surface area contributed by atoms with Gasteiger partial charge in [-0.15, -0.1) is 0 Å². The Balaban J connectivity index is 1.68. The van der Waals surface area contributed by atoms with E-state index >= 15 is 0 Å². The summed E-state index contributed by atoms with van der Waals surface area (Å²) in [6.07, 6.45) is 3.19. The van der Waals surface area contributed by atoms with Crippen LogP contribution < -0.4 is 0 Å². The summed E-state index contributed by atoms with van der Waals surface area (Å²) in [6, 6.07) is 25.3. The van der Waals surface area contributed by atoms with Gasteiger partial charge in [0, 0.05) is 38.1 Å². The van der Waals surface area contributed by atoms with Gasteiger partial charge in [0.05, 0.1) is 16.7 Å². The average molecular weight is 332 g/mol. The highest BCUT2D eigenvalue weighted by Gasteiger charge is 2.12. The van der Waals surface area contributed by atoms with E-state index in [1.165, 1.54) is 16.2 Å². The maximum absolute atomic E-state index is 4.62. The van der Waals surface area contributed by atoms with Gasteiger partial charge in [-0.2, -0.15) is 0 Å². The lowest BCUT2D eigenvalue weighted by atomic mass is 10.0. The lowest BCUT2D eigenvalue weighted by Gasteiger charge is -2.03. The van der Waals surface area contributed by atoms with Crippen LogP contribution in [-0.2, 0) is 0 Å². The van der Waals surface area contributed by atoms with E-state index < -0.39 is 0 Å². The zero-order valence-electron chi connectivity index (χ0n) is 13.9. The molecule has 0 aliphatic carbocycles. The van der Waals surface area contributed by atoms with Crippen LogP contribution in [-0.4, -0.2) is 15.0 Å².